The van der Waals surface area contributed by atoms with E-state index in [2.05, 4.69) is 5.10 Å². The third-order valence-electron chi connectivity index (χ3n) is 1.69. The Hall–Kier alpha value is -0.0100. The average Bonchev–Trinajstić information content (AvgIpc) is 2.17. The van der Waals surface area contributed by atoms with Crippen LogP contribution in [0.25, 0.3) is 0 Å². The van der Waals surface area contributed by atoms with Gasteiger partial charge >= 0.3 is 7.60 Å². The molecule has 17 heavy (non-hydrogen) atoms. The molecule has 0 amide bonds. The predicted molar refractivity (Wildman–Crippen MR) is 72.9 cm³/mol. The summed E-state index contributed by atoms with van der Waals surface area (Å²) >= 11 is 1.77. The van der Waals surface area contributed by atoms with Crippen molar-refractivity contribution in [3.05, 3.63) is 5.92 Å². The maximum atomic E-state index is 12.4. The molecule has 0 aromatic heterocycles. The van der Waals surface area contributed by atoms with Crippen LogP contribution in [0.4, 0.5) is 0 Å². The van der Waals surface area contributed by atoms with E-state index in [1.165, 1.54) is 0 Å². The van der Waals surface area contributed by atoms with Crippen LogP contribution >= 0.6 is 31.7 Å². The Balaban J connectivity index is 5.23. The van der Waals surface area contributed by atoms with E-state index in [1.54, 1.807) is 26.4 Å². The average molecular weight is 299 g/mol. The molecular weight excluding hydrogens is 283 g/mol. The van der Waals surface area contributed by atoms with Crippen molar-refractivity contribution in [1.29, 1.82) is 0 Å². The molecule has 0 spiro atoms. The molecule has 0 aliphatic carbocycles. The summed E-state index contributed by atoms with van der Waals surface area (Å²) in [6.45, 7) is 3.35. The molecule has 1 radical (unpaired) electrons. The molecule has 0 saturated carbocycles. The van der Waals surface area contributed by atoms with Crippen LogP contribution in [0.1, 0.15) is 13.8 Å². The summed E-state index contributed by atoms with van der Waals surface area (Å²) in [7, 11) is -3.58. The summed E-state index contributed by atoms with van der Waals surface area (Å²) in [6.07, 6.45) is 4.11. The van der Waals surface area contributed by atoms with Crippen molar-refractivity contribution in [3.8, 4) is 0 Å². The van der Waals surface area contributed by atoms with Crippen LogP contribution in [0.3, 0.4) is 0 Å². The van der Waals surface area contributed by atoms with Crippen LogP contribution in [-0.2, 0) is 17.3 Å². The lowest BCUT2D eigenvalue weighted by molar-refractivity contribution is -0.112. The van der Waals surface area contributed by atoms with E-state index in [4.69, 9.17) is 13.8 Å². The highest BCUT2D eigenvalue weighted by Gasteiger charge is 2.43. The second-order valence-corrected chi connectivity index (χ2v) is 6.64. The van der Waals surface area contributed by atoms with Gasteiger partial charge in [0.1, 0.15) is 5.66 Å². The molecule has 0 heterocycles. The number of hydrogen-bond acceptors (Lipinski definition) is 8. The summed E-state index contributed by atoms with van der Waals surface area (Å²) in [5.41, 5.74) is -0.991. The van der Waals surface area contributed by atoms with Crippen molar-refractivity contribution in [1.82, 2.24) is 0 Å². The molecule has 0 saturated heterocycles. The van der Waals surface area contributed by atoms with Crippen LogP contribution in [0.2, 0.25) is 0 Å². The van der Waals surface area contributed by atoms with Gasteiger partial charge in [-0.3, -0.25) is 9.36 Å². The van der Waals surface area contributed by atoms with E-state index in [1.807, 2.05) is 0 Å². The molecule has 0 rings (SSSR count). The zero-order valence-corrected chi connectivity index (χ0v) is 12.6. The molecule has 2 N–H and O–H groups in total. The molecule has 0 bridgehead atoms. The maximum Gasteiger partial charge on any atom is 0.364 e. The number of rotatable bonds is 8. The van der Waals surface area contributed by atoms with E-state index in [-0.39, 0.29) is 0 Å². The second kappa shape index (κ2) is 8.16. The first kappa shape index (κ1) is 17.0. The number of ketones is 1. The molecule has 6 nitrogen and oxygen atoms in total. The lowest BCUT2D eigenvalue weighted by atomic mass is 10.1. The number of nitrogens with zero attached hydrogens (tertiary/aromatic N) is 1. The molecule has 1 atom stereocenters. The van der Waals surface area contributed by atoms with E-state index in [9.17, 15) is 9.36 Å². The van der Waals surface area contributed by atoms with E-state index in [0.29, 0.717) is 5.92 Å². The molecule has 0 fully saturated rings. The van der Waals surface area contributed by atoms with Crippen molar-refractivity contribution in [2.45, 2.75) is 19.5 Å². The minimum atomic E-state index is -3.58. The van der Waals surface area contributed by atoms with Gasteiger partial charge in [-0.15, -0.1) is 0 Å². The Bertz CT molecular complexity index is 315. The van der Waals surface area contributed by atoms with E-state index >= 15 is 0 Å². The van der Waals surface area contributed by atoms with Crippen LogP contribution < -0.4 is 5.84 Å². The second-order valence-electron chi connectivity index (χ2n) is 3.18. The highest BCUT2D eigenvalue weighted by molar-refractivity contribution is 8.01. The van der Waals surface area contributed by atoms with Crippen LogP contribution in [0.5, 0.6) is 0 Å². The van der Waals surface area contributed by atoms with Gasteiger partial charge in [0, 0.05) is 12.5 Å². The Kier molecular flexibility index (Phi) is 8.15. The zero-order chi connectivity index (χ0) is 13.5. The summed E-state index contributed by atoms with van der Waals surface area (Å²) in [5, 5.41) is 3.14. The zero-order valence-electron chi connectivity index (χ0n) is 10.1. The van der Waals surface area contributed by atoms with Crippen LogP contribution in [0, 0.1) is 5.92 Å². The third-order valence-corrected chi connectivity index (χ3v) is 5.95. The lowest BCUT2D eigenvalue weighted by Gasteiger charge is -2.24. The molecule has 0 aromatic rings. The third kappa shape index (κ3) is 5.01. The SMILES string of the molecule is CSOP(=O)(OSC)[C@@H]([C](C)C)C(=O)C=NN. The highest BCUT2D eigenvalue weighted by atomic mass is 32.2. The summed E-state index contributed by atoms with van der Waals surface area (Å²) in [4.78, 5) is 11.8. The van der Waals surface area contributed by atoms with Gasteiger partial charge in [0.2, 0.25) is 0 Å². The fourth-order valence-electron chi connectivity index (χ4n) is 1.21. The number of carbonyl (C=O) groups excluding carboxylic acids is 1. The molecule has 0 aliphatic heterocycles. The Morgan fingerprint density at radius 2 is 1.82 bits per heavy atom. The molecule has 99 valence electrons. The first-order valence-corrected chi connectivity index (χ1v) is 8.45. The summed E-state index contributed by atoms with van der Waals surface area (Å²) in [6, 6.07) is 0. The van der Waals surface area contributed by atoms with Gasteiger partial charge in [-0.05, 0) is 30.0 Å². The number of hydrogen-bond donors (Lipinski definition) is 1. The molecule has 0 unspecified atom stereocenters. The van der Waals surface area contributed by atoms with Gasteiger partial charge in [-0.25, -0.2) is 7.94 Å². The van der Waals surface area contributed by atoms with Crippen molar-refractivity contribution in [2.75, 3.05) is 12.5 Å². The highest BCUT2D eigenvalue weighted by Crippen LogP contribution is 2.60. The summed E-state index contributed by atoms with van der Waals surface area (Å²) < 4.78 is 22.5. The Morgan fingerprint density at radius 1 is 1.35 bits per heavy atom. The topological polar surface area (TPSA) is 91.0 Å². The largest absolute Gasteiger partial charge is 0.364 e. The fourth-order valence-corrected chi connectivity index (χ4v) is 4.89. The van der Waals surface area contributed by atoms with Crippen molar-refractivity contribution < 1.29 is 17.3 Å². The van der Waals surface area contributed by atoms with Crippen LogP contribution in [0.15, 0.2) is 5.10 Å². The first-order valence-electron chi connectivity index (χ1n) is 4.54. The van der Waals surface area contributed by atoms with Crippen LogP contribution in [-0.4, -0.2) is 30.2 Å². The van der Waals surface area contributed by atoms with Gasteiger partial charge in [-0.2, -0.15) is 5.10 Å². The Morgan fingerprint density at radius 3 is 2.12 bits per heavy atom. The molecule has 9 heteroatoms. The van der Waals surface area contributed by atoms with Gasteiger partial charge in [-0.1, -0.05) is 13.8 Å². The number of Topliss-reactive ketones (excluding diaryl/α,β-unsaturated/α-hetero) is 1. The van der Waals surface area contributed by atoms with Gasteiger partial charge in [0.25, 0.3) is 0 Å². The fraction of sp³-hybridized carbons (Fsp3) is 0.625. The van der Waals surface area contributed by atoms with E-state index in [0.717, 1.165) is 30.3 Å². The number of carbonyl (C=O) groups is 1. The standard InChI is InChI=1S/C8H16N2O4PS2/c1-6(2)8(7(11)5-10-9)15(12,13-16-3)14-17-4/h5,8H,9H2,1-4H3/t8-/m0/s1. The number of hydrazone groups is 1. The quantitative estimate of drug-likeness (QED) is 0.242. The first-order chi connectivity index (χ1) is 7.92. The van der Waals surface area contributed by atoms with Crippen molar-refractivity contribution in [3.63, 3.8) is 0 Å². The maximum absolute atomic E-state index is 12.4. The Labute approximate surface area is 110 Å². The van der Waals surface area contributed by atoms with Crippen molar-refractivity contribution in [2.24, 2.45) is 10.9 Å². The normalized spacial score (nSPS) is 14.4. The minimum absolute atomic E-state index is 0.501. The monoisotopic (exact) mass is 299 g/mol. The van der Waals surface area contributed by atoms with Gasteiger partial charge < -0.3 is 5.84 Å². The predicted octanol–water partition coefficient (Wildman–Crippen LogP) is 2.27. The van der Waals surface area contributed by atoms with E-state index < -0.39 is 19.0 Å². The molecule has 0 aromatic carbocycles. The molecule has 0 aliphatic rings. The van der Waals surface area contributed by atoms with Gasteiger partial charge in [0.15, 0.2) is 5.78 Å². The lowest BCUT2D eigenvalue weighted by Crippen LogP contribution is -2.27. The van der Waals surface area contributed by atoms with Crippen molar-refractivity contribution >= 4 is 43.7 Å². The smallest absolute Gasteiger partial charge is 0.323 e. The summed E-state index contributed by atoms with van der Waals surface area (Å²) in [5.74, 6) is 5.03. The number of nitrogens with two attached hydrogens (primary N) is 1. The minimum Gasteiger partial charge on any atom is -0.323 e. The molecular formula is C8H16N2O4PS2. The van der Waals surface area contributed by atoms with Gasteiger partial charge in [0.05, 0.1) is 6.21 Å².